The van der Waals surface area contributed by atoms with Gasteiger partial charge in [-0.2, -0.15) is 0 Å². The average molecular weight is 284 g/mol. The monoisotopic (exact) mass is 283 g/mol. The van der Waals surface area contributed by atoms with Gasteiger partial charge in [0.15, 0.2) is 0 Å². The fraction of sp³-hybridized carbons (Fsp3) is 0.462. The zero-order chi connectivity index (χ0) is 13.8. The number of rotatable bonds is 6. The van der Waals surface area contributed by atoms with Crippen molar-refractivity contribution in [1.82, 2.24) is 10.6 Å². The van der Waals surface area contributed by atoms with Gasteiger partial charge in [-0.3, -0.25) is 4.79 Å². The van der Waals surface area contributed by atoms with Gasteiger partial charge >= 0.3 is 0 Å². The number of hydrogen-bond donors (Lipinski definition) is 3. The fourth-order valence-electron chi connectivity index (χ4n) is 1.75. The Morgan fingerprint density at radius 2 is 2.21 bits per heavy atom. The minimum absolute atomic E-state index is 0.212. The molecular formula is C13H18ClN3O2. The van der Waals surface area contributed by atoms with Crippen LogP contribution in [0.5, 0.6) is 5.75 Å². The number of carbonyl (C=O) groups is 1. The molecule has 1 saturated carbocycles. The highest BCUT2D eigenvalue weighted by atomic mass is 35.5. The van der Waals surface area contributed by atoms with Crippen molar-refractivity contribution in [2.24, 2.45) is 0 Å². The van der Waals surface area contributed by atoms with Gasteiger partial charge in [-0.1, -0.05) is 11.6 Å². The first-order valence-corrected chi connectivity index (χ1v) is 6.64. The SMILES string of the molecule is COc1cc(N)c(Cl)cc1C(=O)NCCNC1CC1. The van der Waals surface area contributed by atoms with Crippen LogP contribution in [0.1, 0.15) is 23.2 Å². The number of nitrogens with two attached hydrogens (primary N) is 1. The van der Waals surface area contributed by atoms with Crippen LogP contribution in [0.15, 0.2) is 12.1 Å². The smallest absolute Gasteiger partial charge is 0.255 e. The molecule has 1 aliphatic rings. The number of anilines is 1. The molecule has 104 valence electrons. The second kappa shape index (κ2) is 6.12. The summed E-state index contributed by atoms with van der Waals surface area (Å²) in [7, 11) is 1.49. The largest absolute Gasteiger partial charge is 0.496 e. The van der Waals surface area contributed by atoms with Gasteiger partial charge in [0.05, 0.1) is 23.4 Å². The molecule has 1 aromatic rings. The lowest BCUT2D eigenvalue weighted by molar-refractivity contribution is 0.0951. The van der Waals surface area contributed by atoms with Gasteiger partial charge in [0.1, 0.15) is 5.75 Å². The molecule has 0 atom stereocenters. The third-order valence-electron chi connectivity index (χ3n) is 2.98. The summed E-state index contributed by atoms with van der Waals surface area (Å²) in [4.78, 5) is 12.0. The van der Waals surface area contributed by atoms with E-state index in [1.165, 1.54) is 26.0 Å². The van der Waals surface area contributed by atoms with Crippen molar-refractivity contribution in [3.63, 3.8) is 0 Å². The maximum absolute atomic E-state index is 12.0. The molecular weight excluding hydrogens is 266 g/mol. The maximum atomic E-state index is 12.0. The first kappa shape index (κ1) is 14.0. The second-order valence-electron chi connectivity index (χ2n) is 4.56. The van der Waals surface area contributed by atoms with E-state index in [1.54, 1.807) is 6.07 Å². The summed E-state index contributed by atoms with van der Waals surface area (Å²) in [6.07, 6.45) is 2.46. The van der Waals surface area contributed by atoms with Crippen LogP contribution in [0, 0.1) is 0 Å². The van der Waals surface area contributed by atoms with Crippen LogP contribution in [0.2, 0.25) is 5.02 Å². The molecule has 0 heterocycles. The van der Waals surface area contributed by atoms with Gasteiger partial charge in [0.2, 0.25) is 0 Å². The van der Waals surface area contributed by atoms with Gasteiger partial charge in [0, 0.05) is 25.2 Å². The first-order chi connectivity index (χ1) is 9.11. The minimum Gasteiger partial charge on any atom is -0.496 e. The molecule has 0 saturated heterocycles. The Balaban J connectivity index is 1.94. The number of amides is 1. The van der Waals surface area contributed by atoms with Crippen molar-refractivity contribution < 1.29 is 9.53 Å². The standard InChI is InChI=1S/C13H18ClN3O2/c1-19-12-7-11(15)10(14)6-9(12)13(18)17-5-4-16-8-2-3-8/h6-8,16H,2-5,15H2,1H3,(H,17,18). The number of hydrogen-bond acceptors (Lipinski definition) is 4. The Morgan fingerprint density at radius 3 is 2.84 bits per heavy atom. The topological polar surface area (TPSA) is 76.4 Å². The summed E-state index contributed by atoms with van der Waals surface area (Å²) >= 11 is 5.93. The predicted octanol–water partition coefficient (Wildman–Crippen LogP) is 1.41. The molecule has 0 bridgehead atoms. The molecule has 6 heteroatoms. The van der Waals surface area contributed by atoms with Crippen LogP contribution >= 0.6 is 11.6 Å². The van der Waals surface area contributed by atoms with E-state index in [0.29, 0.717) is 34.6 Å². The van der Waals surface area contributed by atoms with Crippen LogP contribution in [0.4, 0.5) is 5.69 Å². The molecule has 5 nitrogen and oxygen atoms in total. The van der Waals surface area contributed by atoms with E-state index >= 15 is 0 Å². The lowest BCUT2D eigenvalue weighted by atomic mass is 10.1. The van der Waals surface area contributed by atoms with Gasteiger partial charge in [0.25, 0.3) is 5.91 Å². The zero-order valence-corrected chi connectivity index (χ0v) is 11.6. The Hall–Kier alpha value is -1.46. The van der Waals surface area contributed by atoms with Gasteiger partial charge < -0.3 is 21.1 Å². The molecule has 0 aromatic heterocycles. The normalized spacial score (nSPS) is 14.2. The number of benzene rings is 1. The third kappa shape index (κ3) is 3.75. The number of methoxy groups -OCH3 is 1. The van der Waals surface area contributed by atoms with Crippen LogP contribution in [-0.4, -0.2) is 32.1 Å². The van der Waals surface area contributed by atoms with E-state index in [0.717, 1.165) is 6.54 Å². The van der Waals surface area contributed by atoms with Crippen LogP contribution in [-0.2, 0) is 0 Å². The fourth-order valence-corrected chi connectivity index (χ4v) is 1.91. The molecule has 1 fully saturated rings. The van der Waals surface area contributed by atoms with Crippen molar-refractivity contribution in [3.05, 3.63) is 22.7 Å². The van der Waals surface area contributed by atoms with Crippen molar-refractivity contribution in [1.29, 1.82) is 0 Å². The van der Waals surface area contributed by atoms with Crippen LogP contribution in [0.3, 0.4) is 0 Å². The summed E-state index contributed by atoms with van der Waals surface area (Å²) in [6, 6.07) is 3.72. The highest BCUT2D eigenvalue weighted by molar-refractivity contribution is 6.33. The maximum Gasteiger partial charge on any atom is 0.255 e. The van der Waals surface area contributed by atoms with Gasteiger partial charge in [-0.15, -0.1) is 0 Å². The van der Waals surface area contributed by atoms with Crippen molar-refractivity contribution in [2.75, 3.05) is 25.9 Å². The summed E-state index contributed by atoms with van der Waals surface area (Å²) in [5, 5.41) is 6.49. The van der Waals surface area contributed by atoms with Crippen LogP contribution < -0.4 is 21.1 Å². The summed E-state index contributed by atoms with van der Waals surface area (Å²) in [6.45, 7) is 1.34. The molecule has 2 rings (SSSR count). The Morgan fingerprint density at radius 1 is 1.47 bits per heavy atom. The van der Waals surface area contributed by atoms with Gasteiger partial charge in [-0.05, 0) is 18.9 Å². The van der Waals surface area contributed by atoms with Gasteiger partial charge in [-0.25, -0.2) is 0 Å². The summed E-state index contributed by atoms with van der Waals surface area (Å²) in [5.41, 5.74) is 6.46. The van der Waals surface area contributed by atoms with E-state index in [4.69, 9.17) is 22.1 Å². The Bertz CT molecular complexity index is 475. The molecule has 0 aliphatic heterocycles. The minimum atomic E-state index is -0.212. The molecule has 0 radical (unpaired) electrons. The number of ether oxygens (including phenoxy) is 1. The Kier molecular flexibility index (Phi) is 4.50. The molecule has 19 heavy (non-hydrogen) atoms. The molecule has 4 N–H and O–H groups in total. The lowest BCUT2D eigenvalue weighted by Crippen LogP contribution is -2.32. The quantitative estimate of drug-likeness (QED) is 0.545. The Labute approximate surface area is 117 Å². The number of carbonyl (C=O) groups excluding carboxylic acids is 1. The van der Waals surface area contributed by atoms with E-state index in [2.05, 4.69) is 10.6 Å². The highest BCUT2D eigenvalue weighted by Gasteiger charge is 2.20. The zero-order valence-electron chi connectivity index (χ0n) is 10.8. The van der Waals surface area contributed by atoms with E-state index in [9.17, 15) is 4.79 Å². The van der Waals surface area contributed by atoms with E-state index in [-0.39, 0.29) is 5.91 Å². The summed E-state index contributed by atoms with van der Waals surface area (Å²) < 4.78 is 5.14. The average Bonchev–Trinajstić information content (AvgIpc) is 3.21. The van der Waals surface area contributed by atoms with Crippen molar-refractivity contribution in [3.8, 4) is 5.75 Å². The van der Waals surface area contributed by atoms with Crippen molar-refractivity contribution in [2.45, 2.75) is 18.9 Å². The number of nitrogens with one attached hydrogen (secondary N) is 2. The second-order valence-corrected chi connectivity index (χ2v) is 4.97. The molecule has 0 unspecified atom stereocenters. The molecule has 1 aliphatic carbocycles. The lowest BCUT2D eigenvalue weighted by Gasteiger charge is -2.11. The van der Waals surface area contributed by atoms with Crippen molar-refractivity contribution >= 4 is 23.2 Å². The summed E-state index contributed by atoms with van der Waals surface area (Å²) in [5.74, 6) is 0.214. The third-order valence-corrected chi connectivity index (χ3v) is 3.31. The molecule has 1 amide bonds. The predicted molar refractivity (Wildman–Crippen MR) is 75.8 cm³/mol. The first-order valence-electron chi connectivity index (χ1n) is 6.26. The molecule has 1 aromatic carbocycles. The molecule has 0 spiro atoms. The number of halogens is 1. The number of nitrogen functional groups attached to an aromatic ring is 1. The van der Waals surface area contributed by atoms with E-state index in [1.807, 2.05) is 0 Å². The van der Waals surface area contributed by atoms with E-state index < -0.39 is 0 Å². The highest BCUT2D eigenvalue weighted by Crippen LogP contribution is 2.28. The van der Waals surface area contributed by atoms with Crippen LogP contribution in [0.25, 0.3) is 0 Å².